The van der Waals surface area contributed by atoms with Crippen molar-refractivity contribution in [1.29, 1.82) is 0 Å². The molecule has 0 spiro atoms. The zero-order valence-electron chi connectivity index (χ0n) is 14.3. The molecule has 0 saturated carbocycles. The minimum Gasteiger partial charge on any atom is -0.298 e. The number of nitrogens with zero attached hydrogens (tertiary/aromatic N) is 2. The van der Waals surface area contributed by atoms with Crippen molar-refractivity contribution < 1.29 is 21.6 Å². The third-order valence-electron chi connectivity index (χ3n) is 5.13. The maximum Gasteiger partial charge on any atom is 0.416 e. The lowest BCUT2D eigenvalue weighted by atomic mass is 10.1. The highest BCUT2D eigenvalue weighted by Gasteiger charge is 2.46. The number of alkyl halides is 3. The molecule has 2 bridgehead atoms. The second kappa shape index (κ2) is 6.55. The Kier molecular flexibility index (Phi) is 4.89. The Hall–Kier alpha value is -1.12. The van der Waals surface area contributed by atoms with Crippen LogP contribution in [-0.2, 0) is 22.0 Å². The van der Waals surface area contributed by atoms with Gasteiger partial charge >= 0.3 is 6.18 Å². The molecule has 140 valence electrons. The third kappa shape index (κ3) is 3.85. The first-order chi connectivity index (χ1) is 11.6. The summed E-state index contributed by atoms with van der Waals surface area (Å²) in [5.74, 6) is -0.250. The molecular weight excluding hydrogens is 353 g/mol. The zero-order valence-corrected chi connectivity index (χ0v) is 15.1. The van der Waals surface area contributed by atoms with Crippen LogP contribution in [0.1, 0.15) is 37.8 Å². The molecule has 25 heavy (non-hydrogen) atoms. The van der Waals surface area contributed by atoms with E-state index in [0.29, 0.717) is 11.6 Å². The SMILES string of the molecule is CC(C)N1CC2CCC(C1)N2S(=O)(=O)Cc1ccc(C(F)(F)F)cc1. The number of hydrogen-bond acceptors (Lipinski definition) is 3. The maximum absolute atomic E-state index is 12.9. The number of piperazine rings is 1. The minimum absolute atomic E-state index is 0.0272. The van der Waals surface area contributed by atoms with Crippen LogP contribution in [0.2, 0.25) is 0 Å². The molecule has 0 aliphatic carbocycles. The molecule has 2 atom stereocenters. The smallest absolute Gasteiger partial charge is 0.298 e. The van der Waals surface area contributed by atoms with Gasteiger partial charge < -0.3 is 0 Å². The van der Waals surface area contributed by atoms with Crippen LogP contribution in [0.4, 0.5) is 13.2 Å². The average molecular weight is 376 g/mol. The second-order valence-corrected chi connectivity index (χ2v) is 9.09. The Morgan fingerprint density at radius 3 is 2.04 bits per heavy atom. The van der Waals surface area contributed by atoms with Gasteiger partial charge in [0.15, 0.2) is 0 Å². The van der Waals surface area contributed by atoms with Crippen LogP contribution in [0, 0.1) is 0 Å². The van der Waals surface area contributed by atoms with E-state index in [1.165, 1.54) is 12.1 Å². The number of rotatable bonds is 4. The van der Waals surface area contributed by atoms with Crippen LogP contribution in [0.25, 0.3) is 0 Å². The van der Waals surface area contributed by atoms with E-state index in [1.807, 2.05) is 0 Å². The van der Waals surface area contributed by atoms with Gasteiger partial charge in [-0.25, -0.2) is 8.42 Å². The predicted molar refractivity (Wildman–Crippen MR) is 89.4 cm³/mol. The van der Waals surface area contributed by atoms with Crippen molar-refractivity contribution in [3.63, 3.8) is 0 Å². The standard InChI is InChI=1S/C17H23F3N2O2S/c1-12(2)21-9-15-7-8-16(10-21)22(15)25(23,24)11-13-3-5-14(6-4-13)17(18,19)20/h3-6,12,15-16H,7-11H2,1-2H3. The summed E-state index contributed by atoms with van der Waals surface area (Å²) in [4.78, 5) is 2.30. The highest BCUT2D eigenvalue weighted by atomic mass is 32.2. The Balaban J connectivity index is 1.75. The number of benzene rings is 1. The van der Waals surface area contributed by atoms with Crippen molar-refractivity contribution in [3.05, 3.63) is 35.4 Å². The van der Waals surface area contributed by atoms with E-state index in [9.17, 15) is 21.6 Å². The fraction of sp³-hybridized carbons (Fsp3) is 0.647. The van der Waals surface area contributed by atoms with Crippen LogP contribution in [0.15, 0.2) is 24.3 Å². The van der Waals surface area contributed by atoms with Gasteiger partial charge in [-0.3, -0.25) is 4.90 Å². The second-order valence-electron chi connectivity index (χ2n) is 7.21. The molecule has 2 heterocycles. The van der Waals surface area contributed by atoms with Crippen molar-refractivity contribution in [2.24, 2.45) is 0 Å². The summed E-state index contributed by atoms with van der Waals surface area (Å²) in [7, 11) is -3.54. The number of sulfonamides is 1. The maximum atomic E-state index is 12.9. The quantitative estimate of drug-likeness (QED) is 0.811. The highest BCUT2D eigenvalue weighted by molar-refractivity contribution is 7.88. The first kappa shape index (κ1) is 18.7. The Labute approximate surface area is 146 Å². The molecule has 2 saturated heterocycles. The van der Waals surface area contributed by atoms with E-state index in [0.717, 1.165) is 38.1 Å². The van der Waals surface area contributed by atoms with Crippen molar-refractivity contribution >= 4 is 10.0 Å². The van der Waals surface area contributed by atoms with Gasteiger partial charge in [0.2, 0.25) is 10.0 Å². The van der Waals surface area contributed by atoms with Gasteiger partial charge in [-0.1, -0.05) is 12.1 Å². The molecular formula is C17H23F3N2O2S. The molecule has 8 heteroatoms. The molecule has 2 unspecified atom stereocenters. The molecule has 2 aliphatic heterocycles. The predicted octanol–water partition coefficient (Wildman–Crippen LogP) is 3.09. The van der Waals surface area contributed by atoms with Crippen LogP contribution in [-0.4, -0.2) is 48.8 Å². The third-order valence-corrected chi connectivity index (χ3v) is 7.06. The van der Waals surface area contributed by atoms with Crippen LogP contribution >= 0.6 is 0 Å². The van der Waals surface area contributed by atoms with Gasteiger partial charge in [0.25, 0.3) is 0 Å². The van der Waals surface area contributed by atoms with E-state index in [2.05, 4.69) is 18.7 Å². The molecule has 3 rings (SSSR count). The van der Waals surface area contributed by atoms with Crippen LogP contribution < -0.4 is 0 Å². The van der Waals surface area contributed by atoms with Gasteiger partial charge in [-0.2, -0.15) is 17.5 Å². The van der Waals surface area contributed by atoms with Gasteiger partial charge in [0.05, 0.1) is 11.3 Å². The number of likely N-dealkylation sites (tertiary alicyclic amines) is 1. The van der Waals surface area contributed by atoms with Gasteiger partial charge in [0, 0.05) is 31.2 Å². The van der Waals surface area contributed by atoms with E-state index in [1.54, 1.807) is 4.31 Å². The van der Waals surface area contributed by atoms with Crippen molar-refractivity contribution in [2.75, 3.05) is 13.1 Å². The summed E-state index contributed by atoms with van der Waals surface area (Å²) in [5, 5.41) is 0. The molecule has 4 nitrogen and oxygen atoms in total. The van der Waals surface area contributed by atoms with Crippen molar-refractivity contribution in [2.45, 2.75) is 56.7 Å². The average Bonchev–Trinajstić information content (AvgIpc) is 2.78. The highest BCUT2D eigenvalue weighted by Crippen LogP contribution is 2.35. The summed E-state index contributed by atoms with van der Waals surface area (Å²) in [6.45, 7) is 5.65. The molecule has 0 aromatic heterocycles. The van der Waals surface area contributed by atoms with Crippen molar-refractivity contribution in [3.8, 4) is 0 Å². The fourth-order valence-electron chi connectivity index (χ4n) is 3.85. The lowest BCUT2D eigenvalue weighted by molar-refractivity contribution is -0.137. The largest absolute Gasteiger partial charge is 0.416 e. The Morgan fingerprint density at radius 2 is 1.60 bits per heavy atom. The zero-order chi connectivity index (χ0) is 18.4. The lowest BCUT2D eigenvalue weighted by Crippen LogP contribution is -2.57. The number of fused-ring (bicyclic) bond motifs is 2. The first-order valence-corrected chi connectivity index (χ1v) is 10.1. The molecule has 1 aromatic rings. The molecule has 0 amide bonds. The summed E-state index contributed by atoms with van der Waals surface area (Å²) in [5.41, 5.74) is -0.377. The molecule has 0 radical (unpaired) electrons. The van der Waals surface area contributed by atoms with Gasteiger partial charge in [-0.05, 0) is 44.4 Å². The molecule has 1 aromatic carbocycles. The lowest BCUT2D eigenvalue weighted by Gasteiger charge is -2.41. The first-order valence-electron chi connectivity index (χ1n) is 8.49. The Morgan fingerprint density at radius 1 is 1.08 bits per heavy atom. The topological polar surface area (TPSA) is 40.6 Å². The van der Waals surface area contributed by atoms with Gasteiger partial charge in [0.1, 0.15) is 0 Å². The normalized spacial score (nSPS) is 25.7. The van der Waals surface area contributed by atoms with Crippen LogP contribution in [0.5, 0.6) is 0 Å². The van der Waals surface area contributed by atoms with Crippen LogP contribution in [0.3, 0.4) is 0 Å². The fourth-order valence-corrected chi connectivity index (χ4v) is 5.86. The van der Waals surface area contributed by atoms with E-state index in [-0.39, 0.29) is 17.8 Å². The molecule has 0 N–H and O–H groups in total. The van der Waals surface area contributed by atoms with E-state index in [4.69, 9.17) is 0 Å². The summed E-state index contributed by atoms with van der Waals surface area (Å²) >= 11 is 0. The number of hydrogen-bond donors (Lipinski definition) is 0. The summed E-state index contributed by atoms with van der Waals surface area (Å²) in [6.07, 6.45) is -2.72. The summed E-state index contributed by atoms with van der Waals surface area (Å²) in [6, 6.07) is 4.72. The monoisotopic (exact) mass is 376 g/mol. The van der Waals surface area contributed by atoms with Crippen molar-refractivity contribution in [1.82, 2.24) is 9.21 Å². The summed E-state index contributed by atoms with van der Waals surface area (Å²) < 4.78 is 65.2. The van der Waals surface area contributed by atoms with Gasteiger partial charge in [-0.15, -0.1) is 0 Å². The molecule has 2 aliphatic rings. The Bertz CT molecular complexity index is 702. The number of halogens is 3. The van der Waals surface area contributed by atoms with E-state index < -0.39 is 21.8 Å². The minimum atomic E-state index is -4.41. The molecule has 2 fully saturated rings. The van der Waals surface area contributed by atoms with E-state index >= 15 is 0 Å².